The molecule has 1 aromatic heterocycles. The zero-order chi connectivity index (χ0) is 19.3. The lowest BCUT2D eigenvalue weighted by Gasteiger charge is -2.03. The number of hydrogen-bond donors (Lipinski definition) is 0. The molecule has 0 amide bonds. The van der Waals surface area contributed by atoms with E-state index in [1.807, 2.05) is 97.1 Å². The zero-order valence-electron chi connectivity index (χ0n) is 15.0. The number of nitriles is 1. The Morgan fingerprint density at radius 1 is 0.821 bits per heavy atom. The predicted molar refractivity (Wildman–Crippen MR) is 114 cm³/mol. The maximum Gasteiger partial charge on any atom is 0.152 e. The van der Waals surface area contributed by atoms with E-state index in [0.717, 1.165) is 28.1 Å². The Morgan fingerprint density at radius 2 is 1.46 bits per heavy atom. The standard InChI is InChI=1S/C24H16ClN3/c25-20-14-12-19(13-15-20)24-22(16-11-18-7-3-1-4-8-18)27-28(23(24)17-26)21-9-5-2-6-10-21/h1-16H/b16-11-. The van der Waals surface area contributed by atoms with Crippen LogP contribution in [0.5, 0.6) is 0 Å². The fourth-order valence-corrected chi connectivity index (χ4v) is 3.18. The van der Waals surface area contributed by atoms with Crippen LogP contribution in [0.25, 0.3) is 29.0 Å². The molecule has 0 aliphatic rings. The highest BCUT2D eigenvalue weighted by Gasteiger charge is 2.19. The van der Waals surface area contributed by atoms with E-state index in [0.29, 0.717) is 10.7 Å². The largest absolute Gasteiger partial charge is 0.222 e. The Labute approximate surface area is 168 Å². The Balaban J connectivity index is 1.91. The molecule has 3 nitrogen and oxygen atoms in total. The molecule has 134 valence electrons. The summed E-state index contributed by atoms with van der Waals surface area (Å²) >= 11 is 6.06. The molecule has 0 saturated carbocycles. The molecule has 4 rings (SSSR count). The van der Waals surface area contributed by atoms with E-state index < -0.39 is 0 Å². The topological polar surface area (TPSA) is 41.6 Å². The molecule has 4 aromatic rings. The van der Waals surface area contributed by atoms with Crippen molar-refractivity contribution < 1.29 is 0 Å². The van der Waals surface area contributed by atoms with Gasteiger partial charge in [-0.1, -0.05) is 78.3 Å². The average molecular weight is 382 g/mol. The summed E-state index contributed by atoms with van der Waals surface area (Å²) in [6, 6.07) is 29.5. The number of nitrogens with zero attached hydrogens (tertiary/aromatic N) is 3. The molecule has 0 spiro atoms. The van der Waals surface area contributed by atoms with Crippen molar-refractivity contribution in [2.24, 2.45) is 0 Å². The third-order valence-electron chi connectivity index (χ3n) is 4.39. The third kappa shape index (κ3) is 3.59. The molecule has 0 radical (unpaired) electrons. The minimum Gasteiger partial charge on any atom is -0.222 e. The van der Waals surface area contributed by atoms with Crippen LogP contribution in [0.15, 0.2) is 84.9 Å². The van der Waals surface area contributed by atoms with Crippen LogP contribution in [0.4, 0.5) is 0 Å². The monoisotopic (exact) mass is 381 g/mol. The van der Waals surface area contributed by atoms with E-state index in [1.54, 1.807) is 4.68 Å². The quantitative estimate of drug-likeness (QED) is 0.420. The van der Waals surface area contributed by atoms with Gasteiger partial charge in [-0.2, -0.15) is 10.4 Å². The number of para-hydroxylation sites is 1. The van der Waals surface area contributed by atoms with Crippen molar-refractivity contribution in [3.8, 4) is 22.9 Å². The molecule has 0 saturated heterocycles. The van der Waals surface area contributed by atoms with Crippen molar-refractivity contribution in [1.29, 1.82) is 5.26 Å². The highest BCUT2D eigenvalue weighted by molar-refractivity contribution is 6.30. The lowest BCUT2D eigenvalue weighted by Crippen LogP contribution is -1.99. The van der Waals surface area contributed by atoms with Crippen LogP contribution < -0.4 is 0 Å². The van der Waals surface area contributed by atoms with Gasteiger partial charge >= 0.3 is 0 Å². The lowest BCUT2D eigenvalue weighted by molar-refractivity contribution is 0.862. The fourth-order valence-electron chi connectivity index (χ4n) is 3.05. The summed E-state index contributed by atoms with van der Waals surface area (Å²) in [4.78, 5) is 0. The molecule has 0 aliphatic carbocycles. The van der Waals surface area contributed by atoms with Crippen LogP contribution in [0, 0.1) is 11.3 Å². The molecule has 4 heteroatoms. The summed E-state index contributed by atoms with van der Waals surface area (Å²) < 4.78 is 1.69. The van der Waals surface area contributed by atoms with E-state index >= 15 is 0 Å². The number of aromatic nitrogens is 2. The van der Waals surface area contributed by atoms with Gasteiger partial charge in [-0.25, -0.2) is 4.68 Å². The van der Waals surface area contributed by atoms with Crippen LogP contribution in [-0.4, -0.2) is 9.78 Å². The van der Waals surface area contributed by atoms with Crippen molar-refractivity contribution in [2.45, 2.75) is 0 Å². The first-order valence-corrected chi connectivity index (χ1v) is 9.21. The summed E-state index contributed by atoms with van der Waals surface area (Å²) in [6.45, 7) is 0. The fraction of sp³-hybridized carbons (Fsp3) is 0. The van der Waals surface area contributed by atoms with Gasteiger partial charge in [-0.3, -0.25) is 0 Å². The lowest BCUT2D eigenvalue weighted by atomic mass is 10.0. The van der Waals surface area contributed by atoms with Gasteiger partial charge in [0.1, 0.15) is 6.07 Å². The summed E-state index contributed by atoms with van der Waals surface area (Å²) in [6.07, 6.45) is 3.94. The first kappa shape index (κ1) is 17.8. The molecular formula is C24H16ClN3. The van der Waals surface area contributed by atoms with Gasteiger partial charge in [0, 0.05) is 10.6 Å². The second-order valence-corrected chi connectivity index (χ2v) is 6.66. The molecule has 0 bridgehead atoms. The van der Waals surface area contributed by atoms with Crippen molar-refractivity contribution in [3.05, 3.63) is 107 Å². The SMILES string of the molecule is N#Cc1c(-c2ccc(Cl)cc2)c(/C=C\c2ccccc2)nn1-c1ccccc1. The van der Waals surface area contributed by atoms with Gasteiger partial charge in [0.25, 0.3) is 0 Å². The Hall–Kier alpha value is -3.61. The van der Waals surface area contributed by atoms with Gasteiger partial charge in [0.05, 0.1) is 11.4 Å². The van der Waals surface area contributed by atoms with Crippen LogP contribution in [-0.2, 0) is 0 Å². The second-order valence-electron chi connectivity index (χ2n) is 6.22. The molecule has 0 N–H and O–H groups in total. The van der Waals surface area contributed by atoms with Gasteiger partial charge in [-0.15, -0.1) is 0 Å². The minimum absolute atomic E-state index is 0.487. The summed E-state index contributed by atoms with van der Waals surface area (Å²) in [5.41, 5.74) is 4.81. The highest BCUT2D eigenvalue weighted by atomic mass is 35.5. The van der Waals surface area contributed by atoms with Crippen LogP contribution in [0.2, 0.25) is 5.02 Å². The normalized spacial score (nSPS) is 10.9. The second kappa shape index (κ2) is 7.96. The maximum atomic E-state index is 9.91. The van der Waals surface area contributed by atoms with Crippen LogP contribution in [0.3, 0.4) is 0 Å². The van der Waals surface area contributed by atoms with E-state index in [2.05, 4.69) is 6.07 Å². The molecule has 0 atom stereocenters. The highest BCUT2D eigenvalue weighted by Crippen LogP contribution is 2.31. The van der Waals surface area contributed by atoms with Gasteiger partial charge < -0.3 is 0 Å². The van der Waals surface area contributed by atoms with E-state index in [1.165, 1.54) is 0 Å². The van der Waals surface area contributed by atoms with Gasteiger partial charge in [0.15, 0.2) is 5.69 Å². The Bertz CT molecular complexity index is 1150. The minimum atomic E-state index is 0.487. The van der Waals surface area contributed by atoms with Crippen molar-refractivity contribution in [2.75, 3.05) is 0 Å². The Morgan fingerprint density at radius 3 is 2.11 bits per heavy atom. The molecule has 1 heterocycles. The molecule has 3 aromatic carbocycles. The molecule has 0 aliphatic heterocycles. The number of benzene rings is 3. The van der Waals surface area contributed by atoms with Crippen molar-refractivity contribution in [1.82, 2.24) is 9.78 Å². The van der Waals surface area contributed by atoms with Crippen LogP contribution in [0.1, 0.15) is 17.0 Å². The smallest absolute Gasteiger partial charge is 0.152 e. The summed E-state index contributed by atoms with van der Waals surface area (Å²) in [7, 11) is 0. The molecular weight excluding hydrogens is 366 g/mol. The third-order valence-corrected chi connectivity index (χ3v) is 4.64. The van der Waals surface area contributed by atoms with E-state index in [9.17, 15) is 5.26 Å². The number of hydrogen-bond acceptors (Lipinski definition) is 2. The Kier molecular flexibility index (Phi) is 5.05. The number of halogens is 1. The summed E-state index contributed by atoms with van der Waals surface area (Å²) in [5, 5.41) is 15.3. The zero-order valence-corrected chi connectivity index (χ0v) is 15.7. The average Bonchev–Trinajstić information content (AvgIpc) is 3.13. The predicted octanol–water partition coefficient (Wildman–Crippen LogP) is 6.23. The van der Waals surface area contributed by atoms with Gasteiger partial charge in [0.2, 0.25) is 0 Å². The molecule has 0 unspecified atom stereocenters. The van der Waals surface area contributed by atoms with E-state index in [-0.39, 0.29) is 0 Å². The van der Waals surface area contributed by atoms with Gasteiger partial charge in [-0.05, 0) is 41.5 Å². The first-order chi connectivity index (χ1) is 13.8. The first-order valence-electron chi connectivity index (χ1n) is 8.84. The molecule has 28 heavy (non-hydrogen) atoms. The van der Waals surface area contributed by atoms with Crippen molar-refractivity contribution >= 4 is 23.8 Å². The number of rotatable bonds is 4. The molecule has 0 fully saturated rings. The summed E-state index contributed by atoms with van der Waals surface area (Å²) in [5.74, 6) is 0. The van der Waals surface area contributed by atoms with E-state index in [4.69, 9.17) is 16.7 Å². The maximum absolute atomic E-state index is 9.91. The van der Waals surface area contributed by atoms with Crippen LogP contribution >= 0.6 is 11.6 Å². The van der Waals surface area contributed by atoms with Crippen molar-refractivity contribution in [3.63, 3.8) is 0 Å².